The number of anilines is 1. The number of benzene rings is 3. The molecule has 3 aromatic carbocycles. The summed E-state index contributed by atoms with van der Waals surface area (Å²) in [6, 6.07) is 24.7. The van der Waals surface area contributed by atoms with Crippen LogP contribution >= 0.6 is 12.4 Å². The van der Waals surface area contributed by atoms with Gasteiger partial charge in [0.2, 0.25) is 0 Å². The van der Waals surface area contributed by atoms with Gasteiger partial charge in [-0.25, -0.2) is 4.39 Å². The van der Waals surface area contributed by atoms with Gasteiger partial charge in [0, 0.05) is 12.2 Å². The molecule has 0 saturated heterocycles. The zero-order valence-electron chi connectivity index (χ0n) is 13.8. The zero-order chi connectivity index (χ0) is 16.6. The molecular formula is C21H21ClFNO. The van der Waals surface area contributed by atoms with Crippen LogP contribution in [0.2, 0.25) is 0 Å². The number of hydrogen-bond donors (Lipinski definition) is 1. The fourth-order valence-corrected chi connectivity index (χ4v) is 2.41. The van der Waals surface area contributed by atoms with Gasteiger partial charge in [0.05, 0.1) is 0 Å². The summed E-state index contributed by atoms with van der Waals surface area (Å²) in [6.45, 7) is 1.38. The Kier molecular flexibility index (Phi) is 7.30. The minimum Gasteiger partial charge on any atom is -0.489 e. The average Bonchev–Trinajstić information content (AvgIpc) is 2.64. The molecule has 1 N–H and O–H groups in total. The van der Waals surface area contributed by atoms with Gasteiger partial charge in [0.1, 0.15) is 18.2 Å². The fraction of sp³-hybridized carbons (Fsp3) is 0.143. The van der Waals surface area contributed by atoms with E-state index in [0.29, 0.717) is 6.61 Å². The highest BCUT2D eigenvalue weighted by Gasteiger charge is 1.98. The van der Waals surface area contributed by atoms with Gasteiger partial charge in [-0.2, -0.15) is 0 Å². The Balaban J connectivity index is 0.00000225. The smallest absolute Gasteiger partial charge is 0.123 e. The summed E-state index contributed by atoms with van der Waals surface area (Å²) < 4.78 is 18.6. The van der Waals surface area contributed by atoms with Gasteiger partial charge >= 0.3 is 0 Å². The average molecular weight is 358 g/mol. The Morgan fingerprint density at radius 1 is 0.760 bits per heavy atom. The minimum atomic E-state index is -0.216. The summed E-state index contributed by atoms with van der Waals surface area (Å²) in [5.74, 6) is 0.653. The Morgan fingerprint density at radius 2 is 1.44 bits per heavy atom. The molecular weight excluding hydrogens is 337 g/mol. The van der Waals surface area contributed by atoms with Gasteiger partial charge in [-0.3, -0.25) is 0 Å². The van der Waals surface area contributed by atoms with Crippen LogP contribution in [0.5, 0.6) is 5.75 Å². The summed E-state index contributed by atoms with van der Waals surface area (Å²) in [6.07, 6.45) is 0.899. The highest BCUT2D eigenvalue weighted by molar-refractivity contribution is 5.85. The monoisotopic (exact) mass is 357 g/mol. The molecule has 2 nitrogen and oxygen atoms in total. The van der Waals surface area contributed by atoms with E-state index in [-0.39, 0.29) is 18.2 Å². The molecule has 0 radical (unpaired) electrons. The van der Waals surface area contributed by atoms with E-state index < -0.39 is 0 Å². The van der Waals surface area contributed by atoms with Crippen molar-refractivity contribution in [1.29, 1.82) is 0 Å². The first kappa shape index (κ1) is 18.8. The molecule has 0 fully saturated rings. The number of nitrogens with one attached hydrogen (secondary N) is 1. The maximum Gasteiger partial charge on any atom is 0.123 e. The Bertz CT molecular complexity index is 745. The van der Waals surface area contributed by atoms with E-state index in [0.717, 1.165) is 30.0 Å². The second kappa shape index (κ2) is 9.70. The highest BCUT2D eigenvalue weighted by atomic mass is 35.5. The number of rotatable bonds is 7. The Morgan fingerprint density at radius 3 is 2.12 bits per heavy atom. The lowest BCUT2D eigenvalue weighted by Gasteiger charge is -2.09. The molecule has 25 heavy (non-hydrogen) atoms. The van der Waals surface area contributed by atoms with Crippen molar-refractivity contribution < 1.29 is 9.13 Å². The molecule has 0 saturated carbocycles. The van der Waals surface area contributed by atoms with Gasteiger partial charge in [0.25, 0.3) is 0 Å². The van der Waals surface area contributed by atoms with E-state index in [9.17, 15) is 4.39 Å². The van der Waals surface area contributed by atoms with Gasteiger partial charge < -0.3 is 10.1 Å². The molecule has 3 rings (SSSR count). The van der Waals surface area contributed by atoms with Gasteiger partial charge in [0.15, 0.2) is 0 Å². The van der Waals surface area contributed by atoms with Crippen molar-refractivity contribution in [2.24, 2.45) is 0 Å². The fourth-order valence-electron chi connectivity index (χ4n) is 2.41. The lowest BCUT2D eigenvalue weighted by Crippen LogP contribution is -2.04. The summed E-state index contributed by atoms with van der Waals surface area (Å²) in [5.41, 5.74) is 3.32. The summed E-state index contributed by atoms with van der Waals surface area (Å²) in [5, 5.41) is 3.28. The van der Waals surface area contributed by atoms with E-state index in [1.165, 1.54) is 17.7 Å². The molecule has 4 heteroatoms. The van der Waals surface area contributed by atoms with Crippen LogP contribution < -0.4 is 10.1 Å². The predicted octanol–water partition coefficient (Wildman–Crippen LogP) is 5.48. The lowest BCUT2D eigenvalue weighted by molar-refractivity contribution is 0.306. The molecule has 0 heterocycles. The van der Waals surface area contributed by atoms with Crippen molar-refractivity contribution in [2.75, 3.05) is 11.9 Å². The SMILES string of the molecule is Cl.Fc1ccc(NCCc2ccc(OCc3ccccc3)cc2)cc1. The maximum absolute atomic E-state index is 12.8. The van der Waals surface area contributed by atoms with E-state index in [2.05, 4.69) is 29.6 Å². The molecule has 0 spiro atoms. The lowest BCUT2D eigenvalue weighted by atomic mass is 10.1. The number of hydrogen-bond acceptors (Lipinski definition) is 2. The Labute approximate surface area is 154 Å². The van der Waals surface area contributed by atoms with Crippen molar-refractivity contribution in [3.8, 4) is 5.75 Å². The third kappa shape index (κ3) is 6.12. The van der Waals surface area contributed by atoms with Gasteiger partial charge in [-0.1, -0.05) is 42.5 Å². The predicted molar refractivity (Wildman–Crippen MR) is 103 cm³/mol. The van der Waals surface area contributed by atoms with Crippen LogP contribution in [-0.2, 0) is 13.0 Å². The maximum atomic E-state index is 12.8. The first-order valence-corrected chi connectivity index (χ1v) is 8.05. The number of ether oxygens (including phenoxy) is 1. The summed E-state index contributed by atoms with van der Waals surface area (Å²) >= 11 is 0. The van der Waals surface area contributed by atoms with Crippen LogP contribution in [0.25, 0.3) is 0 Å². The Hall–Kier alpha value is -2.52. The zero-order valence-corrected chi connectivity index (χ0v) is 14.6. The molecule has 0 aliphatic carbocycles. The van der Waals surface area contributed by atoms with E-state index in [1.807, 2.05) is 30.3 Å². The van der Waals surface area contributed by atoms with E-state index in [4.69, 9.17) is 4.74 Å². The molecule has 0 amide bonds. The molecule has 0 aliphatic rings. The molecule has 3 aromatic rings. The topological polar surface area (TPSA) is 21.3 Å². The summed E-state index contributed by atoms with van der Waals surface area (Å²) in [7, 11) is 0. The van der Waals surface area contributed by atoms with Crippen molar-refractivity contribution >= 4 is 18.1 Å². The third-order valence-corrected chi connectivity index (χ3v) is 3.76. The van der Waals surface area contributed by atoms with E-state index >= 15 is 0 Å². The molecule has 0 unspecified atom stereocenters. The molecule has 130 valence electrons. The van der Waals surface area contributed by atoms with Gasteiger partial charge in [-0.05, 0) is 53.9 Å². The third-order valence-electron chi connectivity index (χ3n) is 3.76. The van der Waals surface area contributed by atoms with Crippen LogP contribution in [0.3, 0.4) is 0 Å². The van der Waals surface area contributed by atoms with Crippen LogP contribution in [0.4, 0.5) is 10.1 Å². The second-order valence-corrected chi connectivity index (χ2v) is 5.60. The molecule has 0 atom stereocenters. The first-order valence-electron chi connectivity index (χ1n) is 8.05. The molecule has 0 aromatic heterocycles. The van der Waals surface area contributed by atoms with Crippen LogP contribution in [0.1, 0.15) is 11.1 Å². The van der Waals surface area contributed by atoms with Crippen molar-refractivity contribution in [1.82, 2.24) is 0 Å². The molecule has 0 bridgehead atoms. The van der Waals surface area contributed by atoms with Crippen LogP contribution in [0.15, 0.2) is 78.9 Å². The molecule has 0 aliphatic heterocycles. The van der Waals surface area contributed by atoms with Crippen LogP contribution in [-0.4, -0.2) is 6.54 Å². The van der Waals surface area contributed by atoms with Crippen molar-refractivity contribution in [3.63, 3.8) is 0 Å². The number of halogens is 2. The first-order chi connectivity index (χ1) is 11.8. The minimum absolute atomic E-state index is 0. The summed E-state index contributed by atoms with van der Waals surface area (Å²) in [4.78, 5) is 0. The normalized spacial score (nSPS) is 9.96. The highest BCUT2D eigenvalue weighted by Crippen LogP contribution is 2.15. The van der Waals surface area contributed by atoms with Gasteiger partial charge in [-0.15, -0.1) is 12.4 Å². The second-order valence-electron chi connectivity index (χ2n) is 5.60. The van der Waals surface area contributed by atoms with E-state index in [1.54, 1.807) is 12.1 Å². The quantitative estimate of drug-likeness (QED) is 0.604. The van der Waals surface area contributed by atoms with Crippen molar-refractivity contribution in [2.45, 2.75) is 13.0 Å². The van der Waals surface area contributed by atoms with Crippen molar-refractivity contribution in [3.05, 3.63) is 95.8 Å². The largest absolute Gasteiger partial charge is 0.489 e. The standard InChI is InChI=1S/C21H20FNO.ClH/c22-19-8-10-20(11-9-19)23-15-14-17-6-12-21(13-7-17)24-16-18-4-2-1-3-5-18;/h1-13,23H,14-16H2;1H. The van der Waals surface area contributed by atoms with Crippen LogP contribution in [0, 0.1) is 5.82 Å².